The molecule has 2 aromatic carbocycles. The minimum atomic E-state index is -0.411. The van der Waals surface area contributed by atoms with Crippen molar-refractivity contribution in [2.75, 3.05) is 38.2 Å². The number of piperazine rings is 1. The highest BCUT2D eigenvalue weighted by Gasteiger charge is 2.27. The van der Waals surface area contributed by atoms with Crippen LogP contribution in [0.4, 0.5) is 14.6 Å². The number of methoxy groups -OCH3 is 1. The number of halogens is 2. The van der Waals surface area contributed by atoms with Gasteiger partial charge in [-0.15, -0.1) is 0 Å². The molecule has 5 rings (SSSR count). The zero-order valence-corrected chi connectivity index (χ0v) is 20.5. The minimum Gasteiger partial charge on any atom is -0.493 e. The maximum atomic E-state index is 15.5. The molecule has 4 aromatic rings. The first kappa shape index (κ1) is 23.8. The van der Waals surface area contributed by atoms with Gasteiger partial charge >= 0.3 is 0 Å². The number of nitrogens with one attached hydrogen (secondary N) is 1. The highest BCUT2D eigenvalue weighted by atomic mass is 19.1. The van der Waals surface area contributed by atoms with E-state index in [0.29, 0.717) is 54.0 Å². The summed E-state index contributed by atoms with van der Waals surface area (Å²) in [7, 11) is 1.61. The van der Waals surface area contributed by atoms with E-state index in [4.69, 9.17) is 4.74 Å². The number of ether oxygens (including phenoxy) is 1. The Morgan fingerprint density at radius 1 is 1.03 bits per heavy atom. The molecule has 1 aliphatic heterocycles. The number of carbonyl (C=O) groups is 1. The molecule has 6 nitrogen and oxygen atoms in total. The third-order valence-corrected chi connectivity index (χ3v) is 6.73. The van der Waals surface area contributed by atoms with E-state index in [-0.39, 0.29) is 23.0 Å². The summed E-state index contributed by atoms with van der Waals surface area (Å²) in [5, 5.41) is 0.488. The number of fused-ring (bicyclic) bond motifs is 1. The second-order valence-corrected chi connectivity index (χ2v) is 9.24. The highest BCUT2D eigenvalue weighted by Crippen LogP contribution is 2.37. The number of carbonyl (C=O) groups excluding carboxylic acids is 1. The molecule has 1 saturated heterocycles. The van der Waals surface area contributed by atoms with Crippen LogP contribution in [0.2, 0.25) is 0 Å². The van der Waals surface area contributed by atoms with Gasteiger partial charge in [-0.25, -0.2) is 13.8 Å². The molecular formula is C28H28F2N4O2. The molecule has 0 aliphatic carbocycles. The first-order chi connectivity index (χ1) is 17.4. The van der Waals surface area contributed by atoms with Crippen LogP contribution < -0.4 is 9.64 Å². The number of aromatic nitrogens is 2. The highest BCUT2D eigenvalue weighted by molar-refractivity contribution is 6.03. The number of H-pyrrole nitrogens is 1. The molecule has 1 amide bonds. The maximum absolute atomic E-state index is 15.5. The lowest BCUT2D eigenvalue weighted by Gasteiger charge is -2.35. The average molecular weight is 491 g/mol. The molecule has 1 aliphatic rings. The molecule has 3 heterocycles. The van der Waals surface area contributed by atoms with Crippen molar-refractivity contribution in [1.29, 1.82) is 0 Å². The summed E-state index contributed by atoms with van der Waals surface area (Å²) in [6, 6.07) is 13.4. The second kappa shape index (κ2) is 9.60. The van der Waals surface area contributed by atoms with E-state index in [9.17, 15) is 9.18 Å². The van der Waals surface area contributed by atoms with Crippen molar-refractivity contribution in [1.82, 2.24) is 14.9 Å². The number of pyridine rings is 1. The van der Waals surface area contributed by atoms with E-state index in [1.54, 1.807) is 48.5 Å². The molecule has 2 aromatic heterocycles. The fraction of sp³-hybridized carbons (Fsp3) is 0.286. The number of nitrogens with zero attached hydrogens (tertiary/aromatic N) is 3. The van der Waals surface area contributed by atoms with Gasteiger partial charge in [-0.1, -0.05) is 32.0 Å². The number of benzene rings is 2. The molecule has 0 atom stereocenters. The Hall–Kier alpha value is -3.94. The van der Waals surface area contributed by atoms with Gasteiger partial charge in [-0.3, -0.25) is 4.79 Å². The molecule has 186 valence electrons. The van der Waals surface area contributed by atoms with Crippen LogP contribution in [0.1, 0.15) is 35.8 Å². The summed E-state index contributed by atoms with van der Waals surface area (Å²) in [4.78, 5) is 24.7. The summed E-state index contributed by atoms with van der Waals surface area (Å²) < 4.78 is 35.6. The first-order valence-electron chi connectivity index (χ1n) is 12.0. The van der Waals surface area contributed by atoms with Gasteiger partial charge in [0.25, 0.3) is 5.91 Å². The summed E-state index contributed by atoms with van der Waals surface area (Å²) in [5.41, 5.74) is 1.92. The number of rotatable bonds is 5. The van der Waals surface area contributed by atoms with E-state index >= 15 is 4.39 Å². The van der Waals surface area contributed by atoms with Crippen LogP contribution >= 0.6 is 0 Å². The number of hydrogen-bond acceptors (Lipinski definition) is 4. The van der Waals surface area contributed by atoms with Crippen molar-refractivity contribution in [2.24, 2.45) is 0 Å². The first-order valence-corrected chi connectivity index (χ1v) is 12.0. The SMILES string of the molecule is COc1cccnc1N1CCN(C(=O)c2cc3c(-c4ccccc4F)cc(C(C)C)c(F)c3[nH]2)CC1. The van der Waals surface area contributed by atoms with Crippen LogP contribution in [0.15, 0.2) is 54.7 Å². The van der Waals surface area contributed by atoms with Crippen LogP contribution in [-0.2, 0) is 0 Å². The summed E-state index contributed by atoms with van der Waals surface area (Å²) in [6.07, 6.45) is 1.72. The normalized spacial score (nSPS) is 14.1. The van der Waals surface area contributed by atoms with Crippen molar-refractivity contribution in [3.8, 4) is 16.9 Å². The molecule has 0 bridgehead atoms. The van der Waals surface area contributed by atoms with E-state index in [2.05, 4.69) is 14.9 Å². The standard InChI is InChI=1S/C28H28F2N4O2/c1-17(2)19-15-20(18-7-4-5-8-22(18)29)21-16-23(32-26(21)25(19)30)28(35)34-13-11-33(12-14-34)27-24(36-3)9-6-10-31-27/h4-10,15-17,32H,11-14H2,1-3H3. The molecule has 36 heavy (non-hydrogen) atoms. The third-order valence-electron chi connectivity index (χ3n) is 6.73. The zero-order valence-electron chi connectivity index (χ0n) is 20.5. The number of hydrogen-bond donors (Lipinski definition) is 1. The molecular weight excluding hydrogens is 462 g/mol. The van der Waals surface area contributed by atoms with Crippen molar-refractivity contribution in [2.45, 2.75) is 19.8 Å². The summed E-state index contributed by atoms with van der Waals surface area (Å²) >= 11 is 0. The Bertz CT molecular complexity index is 1420. The van der Waals surface area contributed by atoms with Gasteiger partial charge in [0, 0.05) is 43.3 Å². The number of amides is 1. The largest absolute Gasteiger partial charge is 0.493 e. The lowest BCUT2D eigenvalue weighted by Crippen LogP contribution is -2.49. The Morgan fingerprint density at radius 3 is 2.47 bits per heavy atom. The van der Waals surface area contributed by atoms with Crippen LogP contribution in [0, 0.1) is 11.6 Å². The summed E-state index contributed by atoms with van der Waals surface area (Å²) in [5.74, 6) is 0.296. The van der Waals surface area contributed by atoms with Gasteiger partial charge in [-0.05, 0) is 47.4 Å². The molecule has 8 heteroatoms. The van der Waals surface area contributed by atoms with Crippen molar-refractivity contribution in [3.63, 3.8) is 0 Å². The Labute approximate surface area is 208 Å². The number of anilines is 1. The molecule has 0 saturated carbocycles. The maximum Gasteiger partial charge on any atom is 0.270 e. The number of aromatic amines is 1. The van der Waals surface area contributed by atoms with E-state index in [1.165, 1.54) is 6.07 Å². The van der Waals surface area contributed by atoms with Crippen LogP contribution in [-0.4, -0.2) is 54.1 Å². The van der Waals surface area contributed by atoms with E-state index in [0.717, 1.165) is 5.82 Å². The fourth-order valence-corrected chi connectivity index (χ4v) is 4.79. The van der Waals surface area contributed by atoms with E-state index < -0.39 is 11.6 Å². The quantitative estimate of drug-likeness (QED) is 0.396. The van der Waals surface area contributed by atoms with Crippen LogP contribution in [0.25, 0.3) is 22.0 Å². The predicted molar refractivity (Wildman–Crippen MR) is 137 cm³/mol. The Kier molecular flexibility index (Phi) is 6.35. The van der Waals surface area contributed by atoms with Crippen LogP contribution in [0.5, 0.6) is 5.75 Å². The second-order valence-electron chi connectivity index (χ2n) is 9.24. The molecule has 0 radical (unpaired) electrons. The summed E-state index contributed by atoms with van der Waals surface area (Å²) in [6.45, 7) is 5.92. The molecule has 0 spiro atoms. The lowest BCUT2D eigenvalue weighted by molar-refractivity contribution is 0.0741. The minimum absolute atomic E-state index is 0.112. The Morgan fingerprint density at radius 2 is 1.78 bits per heavy atom. The monoisotopic (exact) mass is 490 g/mol. The fourth-order valence-electron chi connectivity index (χ4n) is 4.79. The topological polar surface area (TPSA) is 61.5 Å². The van der Waals surface area contributed by atoms with Gasteiger partial charge in [-0.2, -0.15) is 0 Å². The lowest BCUT2D eigenvalue weighted by atomic mass is 9.93. The van der Waals surface area contributed by atoms with Crippen molar-refractivity contribution in [3.05, 3.63) is 77.6 Å². The molecule has 1 N–H and O–H groups in total. The van der Waals surface area contributed by atoms with Gasteiger partial charge in [0.2, 0.25) is 0 Å². The molecule has 1 fully saturated rings. The van der Waals surface area contributed by atoms with Gasteiger partial charge in [0.15, 0.2) is 17.4 Å². The average Bonchev–Trinajstić information content (AvgIpc) is 3.35. The third kappa shape index (κ3) is 4.17. The van der Waals surface area contributed by atoms with E-state index in [1.807, 2.05) is 26.0 Å². The molecule has 0 unspecified atom stereocenters. The zero-order chi connectivity index (χ0) is 25.4. The van der Waals surface area contributed by atoms with Gasteiger partial charge in [0.05, 0.1) is 12.6 Å². The predicted octanol–water partition coefficient (Wildman–Crippen LogP) is 5.60. The van der Waals surface area contributed by atoms with Gasteiger partial charge < -0.3 is 19.5 Å². The van der Waals surface area contributed by atoms with Gasteiger partial charge in [0.1, 0.15) is 11.5 Å². The van der Waals surface area contributed by atoms with Crippen LogP contribution in [0.3, 0.4) is 0 Å². The Balaban J connectivity index is 1.47. The van der Waals surface area contributed by atoms with Crippen molar-refractivity contribution < 1.29 is 18.3 Å². The van der Waals surface area contributed by atoms with Crippen molar-refractivity contribution >= 4 is 22.6 Å². The smallest absolute Gasteiger partial charge is 0.270 e.